The summed E-state index contributed by atoms with van der Waals surface area (Å²) >= 11 is 4.46. The van der Waals surface area contributed by atoms with Crippen molar-refractivity contribution in [3.63, 3.8) is 0 Å². The Balaban J connectivity index is 1.81. The monoisotopic (exact) mass is 422 g/mol. The lowest BCUT2D eigenvalue weighted by Crippen LogP contribution is -1.97. The second-order valence-corrected chi connectivity index (χ2v) is 6.76. The number of rotatable bonds is 5. The number of isothiocyanates is 1. The van der Waals surface area contributed by atoms with Crippen LogP contribution in [0.3, 0.4) is 0 Å². The number of hydrogen-bond donors (Lipinski definition) is 0. The molecule has 1 aromatic heterocycles. The fourth-order valence-electron chi connectivity index (χ4n) is 2.87. The van der Waals surface area contributed by atoms with Gasteiger partial charge in [-0.2, -0.15) is 4.99 Å². The molecular weight excluding hydrogens is 405 g/mol. The summed E-state index contributed by atoms with van der Waals surface area (Å²) in [6.45, 7) is 1.98. The third-order valence-electron chi connectivity index (χ3n) is 4.48. The molecule has 0 aliphatic rings. The van der Waals surface area contributed by atoms with Crippen molar-refractivity contribution in [2.75, 3.05) is 0 Å². The van der Waals surface area contributed by atoms with Crippen LogP contribution in [0.25, 0.3) is 11.1 Å². The van der Waals surface area contributed by atoms with E-state index in [0.29, 0.717) is 23.1 Å². The minimum atomic E-state index is -0.563. The predicted octanol–water partition coefficient (Wildman–Crippen LogP) is 6.64. The van der Waals surface area contributed by atoms with Crippen molar-refractivity contribution in [2.45, 2.75) is 26.2 Å². The number of aliphatic imine (C=N–C) groups is 1. The number of benzene rings is 2. The summed E-state index contributed by atoms with van der Waals surface area (Å²) in [4.78, 5) is 7.54. The highest BCUT2D eigenvalue weighted by Gasteiger charge is 2.12. The molecule has 0 atom stereocenters. The van der Waals surface area contributed by atoms with Gasteiger partial charge in [-0.1, -0.05) is 37.3 Å². The topological polar surface area (TPSA) is 25.2 Å². The van der Waals surface area contributed by atoms with E-state index in [-0.39, 0.29) is 16.9 Å². The standard InChI is InChI=1S/C24H17F3N2S/c1-2-3-4-20-22(26)11-19(12-23(20)27)17-8-5-16(6-9-17)7-10-18-14-28-24(29-15-30)13-21(18)25/h5-6,8-9,11-14H,2-4H2,1H3. The van der Waals surface area contributed by atoms with E-state index in [0.717, 1.165) is 18.9 Å². The van der Waals surface area contributed by atoms with Gasteiger partial charge in [0.1, 0.15) is 17.5 Å². The Morgan fingerprint density at radius 2 is 1.63 bits per heavy atom. The lowest BCUT2D eigenvalue weighted by atomic mass is 9.99. The Bertz CT molecular complexity index is 1150. The smallest absolute Gasteiger partial charge is 0.165 e. The number of hydrogen-bond acceptors (Lipinski definition) is 3. The average Bonchev–Trinajstić information content (AvgIpc) is 2.73. The highest BCUT2D eigenvalue weighted by molar-refractivity contribution is 7.78. The van der Waals surface area contributed by atoms with E-state index in [9.17, 15) is 13.2 Å². The van der Waals surface area contributed by atoms with Crippen LogP contribution in [0.2, 0.25) is 0 Å². The van der Waals surface area contributed by atoms with E-state index in [1.54, 1.807) is 24.3 Å². The van der Waals surface area contributed by atoms with Gasteiger partial charge >= 0.3 is 0 Å². The molecule has 150 valence electrons. The lowest BCUT2D eigenvalue weighted by molar-refractivity contribution is 0.550. The van der Waals surface area contributed by atoms with E-state index in [1.807, 2.05) is 6.92 Å². The van der Waals surface area contributed by atoms with Gasteiger partial charge in [-0.25, -0.2) is 18.2 Å². The number of pyridine rings is 1. The van der Waals surface area contributed by atoms with Crippen LogP contribution in [0.5, 0.6) is 0 Å². The Labute approximate surface area is 178 Å². The second-order valence-electron chi connectivity index (χ2n) is 6.57. The molecule has 0 N–H and O–H groups in total. The first kappa shape index (κ1) is 21.4. The third kappa shape index (κ3) is 5.21. The number of unbranched alkanes of at least 4 members (excludes halogenated alkanes) is 1. The maximum Gasteiger partial charge on any atom is 0.165 e. The number of halogens is 3. The van der Waals surface area contributed by atoms with Crippen LogP contribution >= 0.6 is 12.2 Å². The summed E-state index contributed by atoms with van der Waals surface area (Å²) < 4.78 is 42.6. The van der Waals surface area contributed by atoms with Crippen molar-refractivity contribution < 1.29 is 13.2 Å². The van der Waals surface area contributed by atoms with Gasteiger partial charge in [0.25, 0.3) is 0 Å². The molecule has 0 bridgehead atoms. The molecular formula is C24H17F3N2S. The molecule has 0 amide bonds. The Hall–Kier alpha value is -3.26. The number of nitrogens with zero attached hydrogens (tertiary/aromatic N) is 2. The molecule has 0 fully saturated rings. The van der Waals surface area contributed by atoms with Gasteiger partial charge in [0.2, 0.25) is 0 Å². The van der Waals surface area contributed by atoms with Crippen LogP contribution in [0.15, 0.2) is 53.7 Å². The van der Waals surface area contributed by atoms with Gasteiger partial charge in [0, 0.05) is 23.4 Å². The predicted molar refractivity (Wildman–Crippen MR) is 115 cm³/mol. The van der Waals surface area contributed by atoms with Crippen molar-refractivity contribution >= 4 is 23.2 Å². The quantitative estimate of drug-likeness (QED) is 0.262. The molecule has 0 saturated carbocycles. The molecule has 3 rings (SSSR count). The van der Waals surface area contributed by atoms with Crippen molar-refractivity contribution in [1.82, 2.24) is 4.98 Å². The first-order valence-corrected chi connectivity index (χ1v) is 9.76. The molecule has 2 aromatic carbocycles. The molecule has 1 heterocycles. The largest absolute Gasteiger partial charge is 0.235 e. The molecule has 3 aromatic rings. The zero-order valence-corrected chi connectivity index (χ0v) is 17.0. The molecule has 0 unspecified atom stereocenters. The summed E-state index contributed by atoms with van der Waals surface area (Å²) in [6, 6.07) is 10.7. The minimum absolute atomic E-state index is 0.120. The summed E-state index contributed by atoms with van der Waals surface area (Å²) in [5, 5.41) is 2.12. The van der Waals surface area contributed by atoms with E-state index in [4.69, 9.17) is 0 Å². The van der Waals surface area contributed by atoms with Gasteiger partial charge in [0.15, 0.2) is 5.82 Å². The van der Waals surface area contributed by atoms with Crippen LogP contribution < -0.4 is 0 Å². The summed E-state index contributed by atoms with van der Waals surface area (Å²) in [5.41, 5.74) is 1.99. The lowest BCUT2D eigenvalue weighted by Gasteiger charge is -2.08. The Kier molecular flexibility index (Phi) is 7.13. The Morgan fingerprint density at radius 3 is 2.23 bits per heavy atom. The molecule has 2 nitrogen and oxygen atoms in total. The summed E-state index contributed by atoms with van der Waals surface area (Å²) in [5.74, 6) is 4.04. The highest BCUT2D eigenvalue weighted by Crippen LogP contribution is 2.26. The molecule has 0 spiro atoms. The average molecular weight is 422 g/mol. The Morgan fingerprint density at radius 1 is 0.933 bits per heavy atom. The fraction of sp³-hybridized carbons (Fsp3) is 0.167. The first-order chi connectivity index (χ1) is 14.5. The second kappa shape index (κ2) is 9.98. The maximum absolute atomic E-state index is 14.3. The van der Waals surface area contributed by atoms with Crippen LogP contribution in [-0.4, -0.2) is 10.1 Å². The van der Waals surface area contributed by atoms with Crippen molar-refractivity contribution in [3.8, 4) is 23.0 Å². The van der Waals surface area contributed by atoms with Crippen LogP contribution in [0.1, 0.15) is 36.5 Å². The zero-order chi connectivity index (χ0) is 21.5. The molecule has 30 heavy (non-hydrogen) atoms. The third-order valence-corrected chi connectivity index (χ3v) is 4.57. The SMILES string of the molecule is CCCCc1c(F)cc(-c2ccc(C#Cc3cnc(N=C=S)cc3F)cc2)cc1F. The van der Waals surface area contributed by atoms with Gasteiger partial charge in [-0.05, 0) is 60.5 Å². The summed E-state index contributed by atoms with van der Waals surface area (Å²) in [7, 11) is 0. The van der Waals surface area contributed by atoms with Crippen molar-refractivity contribution in [2.24, 2.45) is 4.99 Å². The van der Waals surface area contributed by atoms with Crippen LogP contribution in [-0.2, 0) is 6.42 Å². The van der Waals surface area contributed by atoms with E-state index in [2.05, 4.69) is 39.2 Å². The molecule has 0 saturated heterocycles. The zero-order valence-electron chi connectivity index (χ0n) is 16.2. The summed E-state index contributed by atoms with van der Waals surface area (Å²) in [6.07, 6.45) is 3.26. The van der Waals surface area contributed by atoms with Crippen molar-refractivity contribution in [1.29, 1.82) is 0 Å². The van der Waals surface area contributed by atoms with Crippen LogP contribution in [0.4, 0.5) is 19.0 Å². The van der Waals surface area contributed by atoms with Gasteiger partial charge < -0.3 is 0 Å². The van der Waals surface area contributed by atoms with E-state index < -0.39 is 17.5 Å². The highest BCUT2D eigenvalue weighted by atomic mass is 32.1. The molecule has 6 heteroatoms. The molecule has 0 aliphatic carbocycles. The maximum atomic E-state index is 14.3. The van der Waals surface area contributed by atoms with Gasteiger partial charge in [-0.3, -0.25) is 0 Å². The van der Waals surface area contributed by atoms with E-state index >= 15 is 0 Å². The number of thiocarbonyl (C=S) groups is 1. The van der Waals surface area contributed by atoms with Gasteiger partial charge in [-0.15, -0.1) is 0 Å². The first-order valence-electron chi connectivity index (χ1n) is 9.35. The van der Waals surface area contributed by atoms with Crippen molar-refractivity contribution in [3.05, 3.63) is 82.8 Å². The van der Waals surface area contributed by atoms with E-state index in [1.165, 1.54) is 18.3 Å². The fourth-order valence-corrected chi connectivity index (χ4v) is 2.96. The molecule has 0 aliphatic heterocycles. The van der Waals surface area contributed by atoms with Gasteiger partial charge in [0.05, 0.1) is 10.7 Å². The minimum Gasteiger partial charge on any atom is -0.235 e. The number of aromatic nitrogens is 1. The molecule has 0 radical (unpaired) electrons. The van der Waals surface area contributed by atoms with Crippen LogP contribution in [0, 0.1) is 29.3 Å². The normalized spacial score (nSPS) is 10.1.